The number of rotatable bonds is 8. The fraction of sp³-hybridized carbons (Fsp3) is 0.538. The molecule has 0 aliphatic rings. The van der Waals surface area contributed by atoms with Gasteiger partial charge in [0.2, 0.25) is 15.9 Å². The molecule has 1 rings (SSSR count). The van der Waals surface area contributed by atoms with Gasteiger partial charge >= 0.3 is 0 Å². The van der Waals surface area contributed by atoms with Crippen LogP contribution < -0.4 is 15.4 Å². The first kappa shape index (κ1) is 17.4. The molecule has 21 heavy (non-hydrogen) atoms. The van der Waals surface area contributed by atoms with Crippen LogP contribution >= 0.6 is 0 Å². The second kappa shape index (κ2) is 7.94. The highest BCUT2D eigenvalue weighted by Gasteiger charge is 2.14. The molecule has 0 spiro atoms. The van der Waals surface area contributed by atoms with Gasteiger partial charge in [0.25, 0.3) is 0 Å². The number of sulfonamides is 1. The molecule has 1 amide bonds. The van der Waals surface area contributed by atoms with E-state index in [1.165, 1.54) is 18.3 Å². The predicted octanol–water partition coefficient (Wildman–Crippen LogP) is 0.564. The van der Waals surface area contributed by atoms with Crippen LogP contribution in [-0.4, -0.2) is 39.4 Å². The maximum Gasteiger partial charge on any atom is 0.240 e. The van der Waals surface area contributed by atoms with Crippen molar-refractivity contribution in [3.63, 3.8) is 0 Å². The van der Waals surface area contributed by atoms with Gasteiger partial charge in [-0.1, -0.05) is 13.8 Å². The van der Waals surface area contributed by atoms with Gasteiger partial charge in [-0.15, -0.1) is 0 Å². The summed E-state index contributed by atoms with van der Waals surface area (Å²) in [5.41, 5.74) is 0. The summed E-state index contributed by atoms with van der Waals surface area (Å²) in [5.74, 6) is 0.659. The van der Waals surface area contributed by atoms with Gasteiger partial charge in [0.15, 0.2) is 0 Å². The van der Waals surface area contributed by atoms with E-state index in [9.17, 15) is 13.2 Å². The summed E-state index contributed by atoms with van der Waals surface area (Å²) in [6.45, 7) is 4.63. The molecule has 0 aromatic carbocycles. The summed E-state index contributed by atoms with van der Waals surface area (Å²) in [5, 5.41) is 5.51. The van der Waals surface area contributed by atoms with Crippen molar-refractivity contribution in [2.75, 3.05) is 25.5 Å². The van der Waals surface area contributed by atoms with Crippen molar-refractivity contribution < 1.29 is 13.2 Å². The number of carbonyl (C=O) groups excluding carboxylic acids is 1. The molecular weight excluding hydrogens is 292 g/mol. The van der Waals surface area contributed by atoms with Crippen molar-refractivity contribution in [2.24, 2.45) is 5.92 Å². The molecule has 0 bridgehead atoms. The van der Waals surface area contributed by atoms with Crippen molar-refractivity contribution in [2.45, 2.75) is 25.2 Å². The number of hydrogen-bond acceptors (Lipinski definition) is 5. The maximum atomic E-state index is 12.0. The monoisotopic (exact) mass is 314 g/mol. The van der Waals surface area contributed by atoms with E-state index >= 15 is 0 Å². The molecule has 118 valence electrons. The minimum atomic E-state index is -3.63. The smallest absolute Gasteiger partial charge is 0.240 e. The highest BCUT2D eigenvalue weighted by Crippen LogP contribution is 2.11. The fourth-order valence-corrected chi connectivity index (χ4v) is 2.55. The molecule has 0 atom stereocenters. The molecule has 8 heteroatoms. The van der Waals surface area contributed by atoms with Gasteiger partial charge in [0, 0.05) is 38.8 Å². The van der Waals surface area contributed by atoms with Gasteiger partial charge < -0.3 is 10.6 Å². The standard InChI is InChI=1S/C13H22N4O3S/c1-10(2)9-16-13(18)5-7-17-21(19,20)11-4-6-15-12(8-11)14-3/h4,6,8,10,17H,5,7,9H2,1-3H3,(H,14,15)(H,16,18). The number of pyridine rings is 1. The molecule has 1 aromatic heterocycles. The molecule has 0 aliphatic heterocycles. The molecule has 7 nitrogen and oxygen atoms in total. The summed E-state index contributed by atoms with van der Waals surface area (Å²) in [6.07, 6.45) is 1.52. The van der Waals surface area contributed by atoms with Gasteiger partial charge in [-0.25, -0.2) is 18.1 Å². The number of hydrogen-bond donors (Lipinski definition) is 3. The van der Waals surface area contributed by atoms with Crippen LogP contribution in [0.5, 0.6) is 0 Å². The first-order valence-electron chi connectivity index (χ1n) is 6.75. The Morgan fingerprint density at radius 3 is 2.71 bits per heavy atom. The predicted molar refractivity (Wildman–Crippen MR) is 81.4 cm³/mol. The van der Waals surface area contributed by atoms with E-state index in [1.807, 2.05) is 13.8 Å². The van der Waals surface area contributed by atoms with Crippen molar-refractivity contribution >= 4 is 21.7 Å². The number of carbonyl (C=O) groups is 1. The van der Waals surface area contributed by atoms with Gasteiger partial charge in [-0.2, -0.15) is 0 Å². The maximum absolute atomic E-state index is 12.0. The van der Waals surface area contributed by atoms with Crippen LogP contribution in [0.3, 0.4) is 0 Å². The van der Waals surface area contributed by atoms with Crippen LogP contribution in [0.15, 0.2) is 23.2 Å². The summed E-state index contributed by atoms with van der Waals surface area (Å²) in [6, 6.07) is 2.84. The normalized spacial score (nSPS) is 11.4. The molecule has 0 aliphatic carbocycles. The molecule has 1 heterocycles. The number of aromatic nitrogens is 1. The van der Waals surface area contributed by atoms with Gasteiger partial charge in [-0.05, 0) is 12.0 Å². The highest BCUT2D eigenvalue weighted by atomic mass is 32.2. The van der Waals surface area contributed by atoms with E-state index in [4.69, 9.17) is 0 Å². The van der Waals surface area contributed by atoms with Crippen LogP contribution in [0.4, 0.5) is 5.82 Å². The van der Waals surface area contributed by atoms with Gasteiger partial charge in [-0.3, -0.25) is 4.79 Å². The van der Waals surface area contributed by atoms with Crippen LogP contribution in [-0.2, 0) is 14.8 Å². The van der Waals surface area contributed by atoms with Crippen molar-refractivity contribution in [3.8, 4) is 0 Å². The Labute approximate surface area is 125 Å². The quantitative estimate of drug-likeness (QED) is 0.651. The molecule has 0 saturated heterocycles. The summed E-state index contributed by atoms with van der Waals surface area (Å²) in [7, 11) is -1.97. The number of amides is 1. The number of nitrogens with one attached hydrogen (secondary N) is 3. The SMILES string of the molecule is CNc1cc(S(=O)(=O)NCCC(=O)NCC(C)C)ccn1. The Balaban J connectivity index is 2.51. The van der Waals surface area contributed by atoms with Crippen molar-refractivity contribution in [1.29, 1.82) is 0 Å². The molecule has 0 fully saturated rings. The van der Waals surface area contributed by atoms with Crippen LogP contribution in [0.2, 0.25) is 0 Å². The average Bonchev–Trinajstić information content (AvgIpc) is 2.45. The van der Waals surface area contributed by atoms with Gasteiger partial charge in [0.05, 0.1) is 4.90 Å². The first-order valence-corrected chi connectivity index (χ1v) is 8.23. The van der Waals surface area contributed by atoms with Crippen molar-refractivity contribution in [1.82, 2.24) is 15.0 Å². The van der Waals surface area contributed by atoms with Crippen LogP contribution in [0, 0.1) is 5.92 Å². The molecule has 1 aromatic rings. The van der Waals surface area contributed by atoms with Crippen LogP contribution in [0.1, 0.15) is 20.3 Å². The number of anilines is 1. The Bertz CT molecular complexity index is 573. The zero-order valence-electron chi connectivity index (χ0n) is 12.5. The van der Waals surface area contributed by atoms with E-state index in [0.29, 0.717) is 18.3 Å². The lowest BCUT2D eigenvalue weighted by atomic mass is 10.2. The largest absolute Gasteiger partial charge is 0.373 e. The van der Waals surface area contributed by atoms with Crippen molar-refractivity contribution in [3.05, 3.63) is 18.3 Å². The minimum absolute atomic E-state index is 0.0590. The third kappa shape index (κ3) is 6.09. The Kier molecular flexibility index (Phi) is 6.57. The second-order valence-corrected chi connectivity index (χ2v) is 6.74. The summed E-state index contributed by atoms with van der Waals surface area (Å²) in [4.78, 5) is 15.6. The minimum Gasteiger partial charge on any atom is -0.373 e. The average molecular weight is 314 g/mol. The third-order valence-corrected chi connectivity index (χ3v) is 4.11. The Morgan fingerprint density at radius 2 is 2.10 bits per heavy atom. The molecule has 0 saturated carbocycles. The third-order valence-electron chi connectivity index (χ3n) is 2.65. The molecule has 0 unspecified atom stereocenters. The highest BCUT2D eigenvalue weighted by molar-refractivity contribution is 7.89. The van der Waals surface area contributed by atoms with Gasteiger partial charge in [0.1, 0.15) is 5.82 Å². The van der Waals surface area contributed by atoms with E-state index < -0.39 is 10.0 Å². The first-order chi connectivity index (χ1) is 9.85. The zero-order chi connectivity index (χ0) is 15.9. The van der Waals surface area contributed by atoms with E-state index in [2.05, 4.69) is 20.3 Å². The molecular formula is C13H22N4O3S. The summed E-state index contributed by atoms with van der Waals surface area (Å²) < 4.78 is 26.5. The Morgan fingerprint density at radius 1 is 1.38 bits per heavy atom. The topological polar surface area (TPSA) is 100 Å². The lowest BCUT2D eigenvalue weighted by Gasteiger charge is -2.09. The lowest BCUT2D eigenvalue weighted by Crippen LogP contribution is -2.32. The zero-order valence-corrected chi connectivity index (χ0v) is 13.3. The molecule has 0 radical (unpaired) electrons. The Hall–Kier alpha value is -1.67. The number of nitrogens with zero attached hydrogens (tertiary/aromatic N) is 1. The van der Waals surface area contributed by atoms with E-state index in [-0.39, 0.29) is 23.8 Å². The fourth-order valence-electron chi connectivity index (χ4n) is 1.50. The van der Waals surface area contributed by atoms with Crippen LogP contribution in [0.25, 0.3) is 0 Å². The second-order valence-electron chi connectivity index (χ2n) is 4.97. The lowest BCUT2D eigenvalue weighted by molar-refractivity contribution is -0.121. The van der Waals surface area contributed by atoms with E-state index in [0.717, 1.165) is 0 Å². The van der Waals surface area contributed by atoms with E-state index in [1.54, 1.807) is 7.05 Å². The molecule has 3 N–H and O–H groups in total. The summed E-state index contributed by atoms with van der Waals surface area (Å²) >= 11 is 0.